The first-order chi connectivity index (χ1) is 7.88. The number of fused-ring (bicyclic) bond motifs is 2. The molecule has 2 aliphatic rings. The van der Waals surface area contributed by atoms with E-state index in [1.54, 1.807) is 0 Å². The lowest BCUT2D eigenvalue weighted by atomic mass is 9.92. The van der Waals surface area contributed by atoms with Crippen molar-refractivity contribution in [3.05, 3.63) is 23.3 Å². The Labute approximate surface area is 95.8 Å². The Bertz CT molecular complexity index is 403. The minimum atomic E-state index is 0.472. The monoisotopic (exact) mass is 219 g/mol. The van der Waals surface area contributed by atoms with E-state index >= 15 is 0 Å². The van der Waals surface area contributed by atoms with Crippen LogP contribution < -0.4 is 14.8 Å². The molecule has 0 amide bonds. The molecular formula is C13H17NO2. The predicted molar refractivity (Wildman–Crippen MR) is 62.2 cm³/mol. The summed E-state index contributed by atoms with van der Waals surface area (Å²) in [6.45, 7) is 4.60. The normalized spacial score (nSPS) is 22.7. The molecule has 2 heterocycles. The lowest BCUT2D eigenvalue weighted by Crippen LogP contribution is -2.29. The SMILES string of the molecule is CCC1NCCc2cc3c(cc21)OCCO3. The zero-order valence-corrected chi connectivity index (χ0v) is 9.58. The van der Waals surface area contributed by atoms with Gasteiger partial charge in [0.15, 0.2) is 11.5 Å². The Morgan fingerprint density at radius 3 is 2.75 bits per heavy atom. The highest BCUT2D eigenvalue weighted by Gasteiger charge is 2.22. The molecule has 1 aromatic rings. The molecule has 16 heavy (non-hydrogen) atoms. The van der Waals surface area contributed by atoms with Gasteiger partial charge in [0.05, 0.1) is 0 Å². The molecule has 1 unspecified atom stereocenters. The van der Waals surface area contributed by atoms with Crippen LogP contribution in [0, 0.1) is 0 Å². The van der Waals surface area contributed by atoms with Crippen LogP contribution in [-0.4, -0.2) is 19.8 Å². The van der Waals surface area contributed by atoms with E-state index in [0.29, 0.717) is 19.3 Å². The van der Waals surface area contributed by atoms with E-state index in [0.717, 1.165) is 30.9 Å². The molecule has 86 valence electrons. The van der Waals surface area contributed by atoms with Crippen LogP contribution in [0.15, 0.2) is 12.1 Å². The molecule has 1 aromatic carbocycles. The van der Waals surface area contributed by atoms with E-state index in [1.807, 2.05) is 0 Å². The van der Waals surface area contributed by atoms with Crippen molar-refractivity contribution >= 4 is 0 Å². The third kappa shape index (κ3) is 1.55. The van der Waals surface area contributed by atoms with Gasteiger partial charge in [-0.3, -0.25) is 0 Å². The van der Waals surface area contributed by atoms with Crippen molar-refractivity contribution in [3.8, 4) is 11.5 Å². The minimum absolute atomic E-state index is 0.472. The molecule has 0 spiro atoms. The van der Waals surface area contributed by atoms with E-state index < -0.39 is 0 Å². The highest BCUT2D eigenvalue weighted by molar-refractivity contribution is 5.50. The number of hydrogen-bond donors (Lipinski definition) is 1. The van der Waals surface area contributed by atoms with E-state index in [1.165, 1.54) is 11.1 Å². The van der Waals surface area contributed by atoms with Crippen molar-refractivity contribution in [2.45, 2.75) is 25.8 Å². The summed E-state index contributed by atoms with van der Waals surface area (Å²) in [6.07, 6.45) is 2.20. The number of ether oxygens (including phenoxy) is 2. The lowest BCUT2D eigenvalue weighted by Gasteiger charge is -2.28. The molecule has 3 nitrogen and oxygen atoms in total. The summed E-state index contributed by atoms with van der Waals surface area (Å²) < 4.78 is 11.2. The third-order valence-corrected chi connectivity index (χ3v) is 3.37. The number of hydrogen-bond acceptors (Lipinski definition) is 3. The van der Waals surface area contributed by atoms with Gasteiger partial charge in [-0.25, -0.2) is 0 Å². The van der Waals surface area contributed by atoms with Gasteiger partial charge in [0.1, 0.15) is 13.2 Å². The van der Waals surface area contributed by atoms with Gasteiger partial charge in [-0.2, -0.15) is 0 Å². The predicted octanol–water partition coefficient (Wildman–Crippen LogP) is 2.05. The van der Waals surface area contributed by atoms with Gasteiger partial charge in [-0.15, -0.1) is 0 Å². The number of benzene rings is 1. The number of nitrogens with one attached hydrogen (secondary N) is 1. The quantitative estimate of drug-likeness (QED) is 0.784. The van der Waals surface area contributed by atoms with Gasteiger partial charge in [-0.1, -0.05) is 6.92 Å². The first kappa shape index (κ1) is 9.97. The average Bonchev–Trinajstić information content (AvgIpc) is 2.35. The summed E-state index contributed by atoms with van der Waals surface area (Å²) >= 11 is 0. The summed E-state index contributed by atoms with van der Waals surface area (Å²) in [7, 11) is 0. The van der Waals surface area contributed by atoms with Crippen LogP contribution in [-0.2, 0) is 6.42 Å². The summed E-state index contributed by atoms with van der Waals surface area (Å²) in [5, 5.41) is 3.54. The highest BCUT2D eigenvalue weighted by atomic mass is 16.6. The van der Waals surface area contributed by atoms with Crippen LogP contribution in [0.4, 0.5) is 0 Å². The molecule has 3 rings (SSSR count). The van der Waals surface area contributed by atoms with Crippen molar-refractivity contribution in [2.75, 3.05) is 19.8 Å². The lowest BCUT2D eigenvalue weighted by molar-refractivity contribution is 0.171. The maximum absolute atomic E-state index is 5.63. The van der Waals surface area contributed by atoms with Gasteiger partial charge in [-0.05, 0) is 42.6 Å². The zero-order valence-electron chi connectivity index (χ0n) is 9.58. The van der Waals surface area contributed by atoms with E-state index in [-0.39, 0.29) is 0 Å². The molecule has 3 heteroatoms. The Kier molecular flexibility index (Phi) is 2.48. The summed E-state index contributed by atoms with van der Waals surface area (Å²) in [5.41, 5.74) is 2.80. The fourth-order valence-corrected chi connectivity index (χ4v) is 2.54. The first-order valence-corrected chi connectivity index (χ1v) is 6.04. The van der Waals surface area contributed by atoms with Gasteiger partial charge in [0.25, 0.3) is 0 Å². The van der Waals surface area contributed by atoms with Crippen molar-refractivity contribution < 1.29 is 9.47 Å². The molecule has 1 atom stereocenters. The van der Waals surface area contributed by atoms with Gasteiger partial charge < -0.3 is 14.8 Å². The second-order valence-corrected chi connectivity index (χ2v) is 4.36. The Balaban J connectivity index is 2.05. The van der Waals surface area contributed by atoms with E-state index in [4.69, 9.17) is 9.47 Å². The van der Waals surface area contributed by atoms with E-state index in [9.17, 15) is 0 Å². The summed E-state index contributed by atoms with van der Waals surface area (Å²) in [6, 6.07) is 4.79. The van der Waals surface area contributed by atoms with Crippen LogP contribution in [0.1, 0.15) is 30.5 Å². The topological polar surface area (TPSA) is 30.5 Å². The average molecular weight is 219 g/mol. The largest absolute Gasteiger partial charge is 0.486 e. The minimum Gasteiger partial charge on any atom is -0.486 e. The Hall–Kier alpha value is -1.22. The molecule has 0 fully saturated rings. The van der Waals surface area contributed by atoms with Crippen LogP contribution in [0.5, 0.6) is 11.5 Å². The molecule has 0 saturated carbocycles. The second kappa shape index (κ2) is 3.98. The van der Waals surface area contributed by atoms with Gasteiger partial charge in [0, 0.05) is 6.04 Å². The van der Waals surface area contributed by atoms with Crippen LogP contribution >= 0.6 is 0 Å². The molecule has 0 bridgehead atoms. The van der Waals surface area contributed by atoms with Crippen LogP contribution in [0.25, 0.3) is 0 Å². The van der Waals surface area contributed by atoms with Crippen LogP contribution in [0.2, 0.25) is 0 Å². The standard InChI is InChI=1S/C13H17NO2/c1-2-11-10-8-13-12(15-5-6-16-13)7-9(10)3-4-14-11/h7-8,11,14H,2-6H2,1H3. The summed E-state index contributed by atoms with van der Waals surface area (Å²) in [4.78, 5) is 0. The smallest absolute Gasteiger partial charge is 0.161 e. The number of rotatable bonds is 1. The fraction of sp³-hybridized carbons (Fsp3) is 0.538. The Morgan fingerprint density at radius 2 is 2.00 bits per heavy atom. The Morgan fingerprint density at radius 1 is 1.25 bits per heavy atom. The zero-order chi connectivity index (χ0) is 11.0. The van der Waals surface area contributed by atoms with Crippen molar-refractivity contribution in [3.63, 3.8) is 0 Å². The van der Waals surface area contributed by atoms with E-state index in [2.05, 4.69) is 24.4 Å². The van der Waals surface area contributed by atoms with Crippen molar-refractivity contribution in [1.29, 1.82) is 0 Å². The molecular weight excluding hydrogens is 202 g/mol. The molecule has 0 radical (unpaired) electrons. The molecule has 1 N–H and O–H groups in total. The van der Waals surface area contributed by atoms with Gasteiger partial charge >= 0.3 is 0 Å². The molecule has 0 aromatic heterocycles. The van der Waals surface area contributed by atoms with Crippen molar-refractivity contribution in [1.82, 2.24) is 5.32 Å². The summed E-state index contributed by atoms with van der Waals surface area (Å²) in [5.74, 6) is 1.83. The maximum atomic E-state index is 5.63. The van der Waals surface area contributed by atoms with Crippen LogP contribution in [0.3, 0.4) is 0 Å². The fourth-order valence-electron chi connectivity index (χ4n) is 2.54. The molecule has 0 saturated heterocycles. The first-order valence-electron chi connectivity index (χ1n) is 6.04. The molecule has 2 aliphatic heterocycles. The second-order valence-electron chi connectivity index (χ2n) is 4.36. The van der Waals surface area contributed by atoms with Gasteiger partial charge in [0.2, 0.25) is 0 Å². The van der Waals surface area contributed by atoms with Crippen molar-refractivity contribution in [2.24, 2.45) is 0 Å². The third-order valence-electron chi connectivity index (χ3n) is 3.37. The maximum Gasteiger partial charge on any atom is 0.161 e. The highest BCUT2D eigenvalue weighted by Crippen LogP contribution is 2.37. The molecule has 0 aliphatic carbocycles.